The Bertz CT molecular complexity index is 1750. The van der Waals surface area contributed by atoms with Gasteiger partial charge in [0.1, 0.15) is 11.4 Å². The van der Waals surface area contributed by atoms with Gasteiger partial charge >= 0.3 is 6.09 Å². The summed E-state index contributed by atoms with van der Waals surface area (Å²) in [6, 6.07) is 19.8. The summed E-state index contributed by atoms with van der Waals surface area (Å²) >= 11 is 0. The number of nitrogens with one attached hydrogen (secondary N) is 1. The van der Waals surface area contributed by atoms with Crippen molar-refractivity contribution in [2.75, 3.05) is 6.54 Å². The van der Waals surface area contributed by atoms with Crippen molar-refractivity contribution in [2.24, 2.45) is 0 Å². The summed E-state index contributed by atoms with van der Waals surface area (Å²) in [5.41, 5.74) is 9.37. The summed E-state index contributed by atoms with van der Waals surface area (Å²) in [6.07, 6.45) is 3.15. The monoisotopic (exact) mass is 593 g/mol. The second kappa shape index (κ2) is 10.2. The maximum absolute atomic E-state index is 12.9. The van der Waals surface area contributed by atoms with Crippen LogP contribution >= 0.6 is 0 Å². The van der Waals surface area contributed by atoms with E-state index in [2.05, 4.69) is 87.3 Å². The largest absolute Gasteiger partial charge is 0.444 e. The lowest BCUT2D eigenvalue weighted by Crippen LogP contribution is -2.41. The minimum atomic E-state index is -0.527. The highest BCUT2D eigenvalue weighted by atomic mass is 16.7. The molecule has 7 nitrogen and oxygen atoms in total. The highest BCUT2D eigenvalue weighted by Gasteiger charge is 2.49. The van der Waals surface area contributed by atoms with E-state index in [4.69, 9.17) is 19.2 Å². The molecule has 0 radical (unpaired) electrons. The number of H-pyrrole nitrogens is 1. The molecule has 0 bridgehead atoms. The zero-order valence-corrected chi connectivity index (χ0v) is 26.9. The van der Waals surface area contributed by atoms with E-state index in [0.29, 0.717) is 6.54 Å². The highest BCUT2D eigenvalue weighted by Crippen LogP contribution is 2.46. The minimum Gasteiger partial charge on any atom is -0.444 e. The van der Waals surface area contributed by atoms with Crippen molar-refractivity contribution in [2.45, 2.75) is 103 Å². The van der Waals surface area contributed by atoms with Gasteiger partial charge in [-0.1, -0.05) is 42.5 Å². The molecule has 3 aliphatic rings. The summed E-state index contributed by atoms with van der Waals surface area (Å²) in [5, 5.41) is 0. The zero-order chi connectivity index (χ0) is 31.0. The molecule has 4 aromatic rings. The maximum Gasteiger partial charge on any atom is 0.410 e. The van der Waals surface area contributed by atoms with Gasteiger partial charge in [-0.25, -0.2) is 9.78 Å². The van der Waals surface area contributed by atoms with E-state index in [-0.39, 0.29) is 29.6 Å². The predicted molar refractivity (Wildman–Crippen MR) is 172 cm³/mol. The Morgan fingerprint density at radius 2 is 1.55 bits per heavy atom. The molecule has 0 unspecified atom stereocenters. The van der Waals surface area contributed by atoms with Gasteiger partial charge in [-0.05, 0) is 120 Å². The molecular weight excluding hydrogens is 550 g/mol. The van der Waals surface area contributed by atoms with Gasteiger partial charge in [0, 0.05) is 12.1 Å². The molecule has 0 saturated carbocycles. The van der Waals surface area contributed by atoms with Crippen LogP contribution in [0.15, 0.2) is 54.6 Å². The maximum atomic E-state index is 12.9. The fourth-order valence-electron chi connectivity index (χ4n) is 6.68. The molecule has 1 amide bonds. The molecule has 7 heteroatoms. The van der Waals surface area contributed by atoms with Crippen LogP contribution in [0.4, 0.5) is 4.79 Å². The van der Waals surface area contributed by atoms with Crippen molar-refractivity contribution >= 4 is 17.1 Å². The summed E-state index contributed by atoms with van der Waals surface area (Å²) in [7, 11) is 0. The van der Waals surface area contributed by atoms with Crippen LogP contribution in [0.2, 0.25) is 0 Å². The number of aryl methyl sites for hydroxylation is 2. The summed E-state index contributed by atoms with van der Waals surface area (Å²) < 4.78 is 18.3. The van der Waals surface area contributed by atoms with Gasteiger partial charge in [-0.3, -0.25) is 4.90 Å². The van der Waals surface area contributed by atoms with Gasteiger partial charge in [-0.15, -0.1) is 0 Å². The average Bonchev–Trinajstić information content (AvgIpc) is 3.66. The molecule has 2 saturated heterocycles. The van der Waals surface area contributed by atoms with E-state index in [0.717, 1.165) is 53.7 Å². The number of rotatable bonds is 3. The first-order valence-corrected chi connectivity index (χ1v) is 15.9. The number of benzene rings is 3. The Balaban J connectivity index is 1.13. The zero-order valence-electron chi connectivity index (χ0n) is 26.9. The number of amides is 1. The van der Waals surface area contributed by atoms with Crippen LogP contribution in [0.25, 0.3) is 33.3 Å². The van der Waals surface area contributed by atoms with E-state index in [1.165, 1.54) is 27.8 Å². The second-order valence-corrected chi connectivity index (χ2v) is 14.6. The molecule has 1 atom stereocenters. The first-order chi connectivity index (χ1) is 20.8. The molecule has 44 heavy (non-hydrogen) atoms. The number of fused-ring (bicyclic) bond motifs is 4. The molecule has 1 N–H and O–H groups in total. The standard InChI is InChI=1S/C37H43N3O4/c1-35(2,3)44-34(41)40-18-8-9-31(40)32-38-29-17-14-23(21-30(29)39-32)22-12-15-27-24(19-22)10-11-25-20-26(13-16-28(25)27)33-42-36(4,5)37(6,7)43-33/h12-17,19-21,31,33H,8-11,18H2,1-7H3,(H,38,39)/t31-/m0/s1. The molecule has 0 spiro atoms. The number of aromatic amines is 1. The number of ether oxygens (including phenoxy) is 3. The summed E-state index contributed by atoms with van der Waals surface area (Å²) in [6.45, 7) is 14.8. The van der Waals surface area contributed by atoms with Crippen LogP contribution in [0.1, 0.15) is 96.2 Å². The van der Waals surface area contributed by atoms with Crippen LogP contribution in [0, 0.1) is 0 Å². The van der Waals surface area contributed by atoms with Gasteiger partial charge in [0.05, 0.1) is 28.3 Å². The number of carbonyl (C=O) groups is 1. The molecule has 3 heterocycles. The van der Waals surface area contributed by atoms with E-state index >= 15 is 0 Å². The quantitative estimate of drug-likeness (QED) is 0.257. The molecule has 3 aromatic carbocycles. The van der Waals surface area contributed by atoms with Gasteiger partial charge in [0.15, 0.2) is 6.29 Å². The molecule has 7 rings (SSSR count). The van der Waals surface area contributed by atoms with Crippen LogP contribution in [0.3, 0.4) is 0 Å². The Morgan fingerprint density at radius 1 is 0.909 bits per heavy atom. The SMILES string of the molecule is CC(C)(C)OC(=O)N1CCC[C@H]1c1nc2ccc(-c3ccc4c(c3)CCc3cc(C5OC(C)(C)C(C)(C)O5)ccc3-4)cc2[nH]1. The van der Waals surface area contributed by atoms with Crippen molar-refractivity contribution in [1.82, 2.24) is 14.9 Å². The molecule has 230 valence electrons. The van der Waals surface area contributed by atoms with E-state index in [1.807, 2.05) is 25.7 Å². The Labute approximate surface area is 259 Å². The van der Waals surface area contributed by atoms with Crippen LogP contribution in [-0.4, -0.2) is 44.3 Å². The molecule has 2 aliphatic heterocycles. The van der Waals surface area contributed by atoms with Gasteiger partial charge < -0.3 is 19.2 Å². The Kier molecular flexibility index (Phi) is 6.72. The predicted octanol–water partition coefficient (Wildman–Crippen LogP) is 8.67. The fourth-order valence-corrected chi connectivity index (χ4v) is 6.68. The fraction of sp³-hybridized carbons (Fsp3) is 0.459. The van der Waals surface area contributed by atoms with E-state index in [9.17, 15) is 4.79 Å². The molecule has 1 aromatic heterocycles. The van der Waals surface area contributed by atoms with Crippen molar-refractivity contribution in [1.29, 1.82) is 0 Å². The third-order valence-electron chi connectivity index (χ3n) is 9.74. The van der Waals surface area contributed by atoms with E-state index < -0.39 is 5.60 Å². The third-order valence-corrected chi connectivity index (χ3v) is 9.74. The number of hydrogen-bond donors (Lipinski definition) is 1. The van der Waals surface area contributed by atoms with Gasteiger partial charge in [-0.2, -0.15) is 0 Å². The van der Waals surface area contributed by atoms with Crippen LogP contribution in [0.5, 0.6) is 0 Å². The smallest absolute Gasteiger partial charge is 0.410 e. The lowest BCUT2D eigenvalue weighted by atomic mass is 9.83. The van der Waals surface area contributed by atoms with E-state index in [1.54, 1.807) is 0 Å². The topological polar surface area (TPSA) is 76.7 Å². The Hall–Kier alpha value is -3.68. The normalized spacial score (nSPS) is 21.0. The summed E-state index contributed by atoms with van der Waals surface area (Å²) in [4.78, 5) is 23.1. The number of hydrogen-bond acceptors (Lipinski definition) is 5. The van der Waals surface area contributed by atoms with Gasteiger partial charge in [0.2, 0.25) is 0 Å². The van der Waals surface area contributed by atoms with Crippen molar-refractivity contribution < 1.29 is 19.0 Å². The lowest BCUT2D eigenvalue weighted by Gasteiger charge is -2.30. The average molecular weight is 594 g/mol. The number of likely N-dealkylation sites (tertiary alicyclic amines) is 1. The van der Waals surface area contributed by atoms with Crippen molar-refractivity contribution in [3.05, 3.63) is 77.1 Å². The lowest BCUT2D eigenvalue weighted by molar-refractivity contribution is -0.0896. The Morgan fingerprint density at radius 3 is 2.25 bits per heavy atom. The number of aromatic nitrogens is 2. The molecule has 2 fully saturated rings. The van der Waals surface area contributed by atoms with Crippen molar-refractivity contribution in [3.63, 3.8) is 0 Å². The number of nitrogens with zero attached hydrogens (tertiary/aromatic N) is 2. The molecule has 1 aliphatic carbocycles. The van der Waals surface area contributed by atoms with Crippen LogP contribution < -0.4 is 0 Å². The van der Waals surface area contributed by atoms with Crippen LogP contribution in [-0.2, 0) is 27.1 Å². The summed E-state index contributed by atoms with van der Waals surface area (Å²) in [5.74, 6) is 0.822. The van der Waals surface area contributed by atoms with Crippen molar-refractivity contribution in [3.8, 4) is 22.3 Å². The minimum absolute atomic E-state index is 0.102. The first kappa shape index (κ1) is 29.1. The van der Waals surface area contributed by atoms with Gasteiger partial charge in [0.25, 0.3) is 0 Å². The second-order valence-electron chi connectivity index (χ2n) is 14.6. The number of carbonyl (C=O) groups excluding carboxylic acids is 1. The highest BCUT2D eigenvalue weighted by molar-refractivity contribution is 5.84. The molecular formula is C37H43N3O4. The first-order valence-electron chi connectivity index (χ1n) is 15.9. The number of imidazole rings is 1. The third kappa shape index (κ3) is 5.10.